The summed E-state index contributed by atoms with van der Waals surface area (Å²) in [7, 11) is 0. The van der Waals surface area contributed by atoms with Gasteiger partial charge in [-0.1, -0.05) is 26.0 Å². The van der Waals surface area contributed by atoms with E-state index in [1.807, 2.05) is 13.8 Å². The second-order valence-corrected chi connectivity index (χ2v) is 7.50. The molecule has 0 aliphatic carbocycles. The molecule has 0 bridgehead atoms. The van der Waals surface area contributed by atoms with Crippen molar-refractivity contribution in [3.63, 3.8) is 0 Å². The van der Waals surface area contributed by atoms with Crippen LogP contribution in [0.15, 0.2) is 40.5 Å². The molecule has 0 spiro atoms. The number of aliphatic imine (C=N–C) groups is 1. The van der Waals surface area contributed by atoms with Gasteiger partial charge in [0.1, 0.15) is 0 Å². The van der Waals surface area contributed by atoms with Gasteiger partial charge >= 0.3 is 24.2 Å². The monoisotopic (exact) mass is 612 g/mol. The number of hydrogen-bond acceptors (Lipinski definition) is 5. The van der Waals surface area contributed by atoms with Crippen molar-refractivity contribution in [2.24, 2.45) is 10.8 Å². The maximum Gasteiger partial charge on any atom is 0.435 e. The number of nitrogens with zero attached hydrogens (tertiary/aromatic N) is 2. The van der Waals surface area contributed by atoms with Crippen molar-refractivity contribution in [1.29, 1.82) is 0 Å². The van der Waals surface area contributed by atoms with E-state index in [0.29, 0.717) is 6.92 Å². The Morgan fingerprint density at radius 2 is 1.49 bits per heavy atom. The number of carbonyl (C=O) groups excluding carboxylic acids is 3. The number of rotatable bonds is 5. The van der Waals surface area contributed by atoms with E-state index in [-0.39, 0.29) is 29.7 Å². The van der Waals surface area contributed by atoms with E-state index in [9.17, 15) is 57.9 Å². The number of hydrazine groups is 1. The van der Waals surface area contributed by atoms with E-state index in [4.69, 9.17) is 10.6 Å². The van der Waals surface area contributed by atoms with Gasteiger partial charge in [0.05, 0.1) is 23.5 Å². The summed E-state index contributed by atoms with van der Waals surface area (Å²) in [6.07, 6.45) is -15.7. The predicted molar refractivity (Wildman–Crippen MR) is 125 cm³/mol. The van der Waals surface area contributed by atoms with Crippen LogP contribution in [0.2, 0.25) is 0 Å². The van der Waals surface area contributed by atoms with E-state index >= 15 is 0 Å². The number of halogens is 11. The van der Waals surface area contributed by atoms with Crippen molar-refractivity contribution >= 4 is 30.3 Å². The minimum absolute atomic E-state index is 0.0776. The average Bonchev–Trinajstić information content (AvgIpc) is 3.07. The Hall–Kier alpha value is -3.83. The summed E-state index contributed by atoms with van der Waals surface area (Å²) in [5.41, 5.74) is -13.6. The van der Waals surface area contributed by atoms with Crippen LogP contribution in [-0.4, -0.2) is 43.5 Å². The van der Waals surface area contributed by atoms with Gasteiger partial charge in [0, 0.05) is 24.3 Å². The lowest BCUT2D eigenvalue weighted by molar-refractivity contribution is -0.348. The van der Waals surface area contributed by atoms with E-state index in [1.54, 1.807) is 0 Å². The molecule has 2 amide bonds. The standard InChI is InChI=1S/C19H14F10N4O2.C2H3FO.C2H6/c1-9-4-11(16(20,18(24,25)26)19(27,28)29)6-13(17(21,22)23)14(9)33(30)15(35)10-2-3-31-7-12(5-10)32-8-34;1-2(3)4;1-2/h2,4-8H,3,30H2,1H3,(H,32,34);1H3;1-2H3. The van der Waals surface area contributed by atoms with Crippen molar-refractivity contribution < 1.29 is 62.7 Å². The first-order chi connectivity index (χ1) is 18.6. The van der Waals surface area contributed by atoms with Crippen LogP contribution in [0.4, 0.5) is 54.0 Å². The Morgan fingerprint density at radius 3 is 1.90 bits per heavy atom. The summed E-state index contributed by atoms with van der Waals surface area (Å²) in [6, 6.07) is -2.16. The first-order valence-electron chi connectivity index (χ1n) is 11.0. The lowest BCUT2D eigenvalue weighted by atomic mass is 9.89. The molecule has 0 radical (unpaired) electrons. The van der Waals surface area contributed by atoms with Crippen LogP contribution in [0.25, 0.3) is 0 Å². The van der Waals surface area contributed by atoms with Gasteiger partial charge in [-0.05, 0) is 24.6 Å². The molecule has 230 valence electrons. The minimum atomic E-state index is -6.67. The fourth-order valence-corrected chi connectivity index (χ4v) is 3.10. The van der Waals surface area contributed by atoms with Crippen molar-refractivity contribution in [3.05, 3.63) is 52.2 Å². The average molecular weight is 612 g/mol. The molecule has 2 rings (SSSR count). The lowest BCUT2D eigenvalue weighted by Gasteiger charge is -2.32. The van der Waals surface area contributed by atoms with Gasteiger partial charge < -0.3 is 5.32 Å². The normalized spacial score (nSPS) is 13.8. The highest BCUT2D eigenvalue weighted by molar-refractivity contribution is 6.08. The van der Waals surface area contributed by atoms with Gasteiger partial charge in [0.25, 0.3) is 11.9 Å². The number of amides is 2. The Labute approximate surface area is 225 Å². The highest BCUT2D eigenvalue weighted by atomic mass is 19.4. The highest BCUT2D eigenvalue weighted by Gasteiger charge is 2.73. The first kappa shape index (κ1) is 37.2. The molecule has 0 saturated heterocycles. The number of anilines is 1. The van der Waals surface area contributed by atoms with E-state index in [0.717, 1.165) is 25.3 Å². The number of hydrogen-bond donors (Lipinski definition) is 2. The Balaban J connectivity index is 0.00000244. The maximum atomic E-state index is 14.4. The molecule has 18 heteroatoms. The van der Waals surface area contributed by atoms with Crippen LogP contribution in [0, 0.1) is 6.92 Å². The number of nitrogens with one attached hydrogen (secondary N) is 1. The summed E-state index contributed by atoms with van der Waals surface area (Å²) >= 11 is 0. The van der Waals surface area contributed by atoms with Gasteiger partial charge in [-0.25, -0.2) is 15.2 Å². The largest absolute Gasteiger partial charge is 0.435 e. The highest BCUT2D eigenvalue weighted by Crippen LogP contribution is 2.54. The second-order valence-electron chi connectivity index (χ2n) is 7.50. The van der Waals surface area contributed by atoms with Crippen molar-refractivity contribution in [1.82, 2.24) is 5.32 Å². The number of alkyl halides is 10. The maximum absolute atomic E-state index is 14.4. The molecule has 3 N–H and O–H groups in total. The summed E-state index contributed by atoms with van der Waals surface area (Å²) in [5.74, 6) is 4.12. The number of aryl methyl sites for hydroxylation is 1. The fraction of sp³-hybridized carbons (Fsp3) is 0.391. The summed E-state index contributed by atoms with van der Waals surface area (Å²) < 4.78 is 144. The number of benzene rings is 1. The van der Waals surface area contributed by atoms with Gasteiger partial charge in [-0.15, -0.1) is 0 Å². The molecule has 0 unspecified atom stereocenters. The zero-order valence-electron chi connectivity index (χ0n) is 21.5. The van der Waals surface area contributed by atoms with Crippen molar-refractivity contribution in [2.45, 2.75) is 51.9 Å². The molecule has 0 saturated carbocycles. The molecule has 1 aliphatic rings. The molecule has 1 aliphatic heterocycles. The minimum Gasteiger partial charge on any atom is -0.327 e. The number of carbonyl (C=O) groups is 3. The first-order valence-corrected chi connectivity index (χ1v) is 11.0. The summed E-state index contributed by atoms with van der Waals surface area (Å²) in [4.78, 5) is 35.9. The third-order valence-corrected chi connectivity index (χ3v) is 4.68. The fourth-order valence-electron chi connectivity index (χ4n) is 3.10. The lowest BCUT2D eigenvalue weighted by Crippen LogP contribution is -2.50. The molecule has 0 atom stereocenters. The molecule has 7 nitrogen and oxygen atoms in total. The molecule has 1 aromatic carbocycles. The SMILES string of the molecule is CC.CC(=O)F.Cc1cc(C(F)(C(F)(F)F)C(F)(F)F)cc(C(F)(F)F)c1N(N)C(=O)C1=CCN=CC(NC=O)=C1. The smallest absolute Gasteiger partial charge is 0.327 e. The second kappa shape index (κ2) is 14.2. The van der Waals surface area contributed by atoms with Crippen LogP contribution in [-0.2, 0) is 26.2 Å². The van der Waals surface area contributed by atoms with Crippen molar-refractivity contribution in [2.75, 3.05) is 11.6 Å². The molecule has 1 heterocycles. The predicted octanol–water partition coefficient (Wildman–Crippen LogP) is 5.68. The topological polar surface area (TPSA) is 105 Å². The Kier molecular flexibility index (Phi) is 12.9. The quantitative estimate of drug-likeness (QED) is 0.112. The van der Waals surface area contributed by atoms with Gasteiger partial charge in [-0.3, -0.25) is 19.4 Å². The van der Waals surface area contributed by atoms with E-state index in [2.05, 4.69) is 10.3 Å². The third kappa shape index (κ3) is 9.09. The Bertz CT molecular complexity index is 1180. The van der Waals surface area contributed by atoms with Gasteiger partial charge in [0.15, 0.2) is 0 Å². The molecule has 1 aromatic rings. The van der Waals surface area contributed by atoms with E-state index in [1.165, 1.54) is 0 Å². The molecular weight excluding hydrogens is 589 g/mol. The Morgan fingerprint density at radius 1 is 1.00 bits per heavy atom. The van der Waals surface area contributed by atoms with Crippen LogP contribution in [0.1, 0.15) is 37.5 Å². The van der Waals surface area contributed by atoms with Gasteiger partial charge in [-0.2, -0.15) is 43.9 Å². The summed E-state index contributed by atoms with van der Waals surface area (Å²) in [5, 5.41) is 1.97. The summed E-state index contributed by atoms with van der Waals surface area (Å²) in [6.45, 7) is 5.29. The van der Waals surface area contributed by atoms with E-state index < -0.39 is 70.2 Å². The zero-order chi connectivity index (χ0) is 32.6. The molecular formula is C23H23F11N4O3. The van der Waals surface area contributed by atoms with Crippen LogP contribution < -0.4 is 16.2 Å². The number of allylic oxidation sites excluding steroid dienone is 1. The van der Waals surface area contributed by atoms with Crippen LogP contribution in [0.3, 0.4) is 0 Å². The molecule has 0 fully saturated rings. The third-order valence-electron chi connectivity index (χ3n) is 4.68. The van der Waals surface area contributed by atoms with Crippen LogP contribution >= 0.6 is 0 Å². The zero-order valence-corrected chi connectivity index (χ0v) is 21.5. The molecule has 0 aromatic heterocycles. The number of nitrogens with two attached hydrogens (primary N) is 1. The van der Waals surface area contributed by atoms with Crippen molar-refractivity contribution in [3.8, 4) is 0 Å². The van der Waals surface area contributed by atoms with Gasteiger partial charge in [0.2, 0.25) is 6.41 Å². The van der Waals surface area contributed by atoms with Crippen LogP contribution in [0.5, 0.6) is 0 Å². The molecule has 41 heavy (non-hydrogen) atoms.